The number of carbonyl (C=O) groups is 1. The van der Waals surface area contributed by atoms with Crippen LogP contribution in [0.5, 0.6) is 5.75 Å². The standard InChI is InChI=1S/C21H28F3N3O3/c1-15(2)19(28)26-10-17-11-29-8-7-27(17)20(14-26)12-25(13-20)9-16-3-5-18(6-4-16)30-21(22,23)24/h3-6,15,17H,7-14H2,1-2H3. The molecule has 3 saturated heterocycles. The molecule has 0 saturated carbocycles. The van der Waals surface area contributed by atoms with E-state index in [-0.39, 0.29) is 29.2 Å². The molecule has 4 rings (SSSR count). The van der Waals surface area contributed by atoms with E-state index in [0.29, 0.717) is 26.3 Å². The summed E-state index contributed by atoms with van der Waals surface area (Å²) in [4.78, 5) is 19.4. The van der Waals surface area contributed by atoms with Crippen LogP contribution in [0.4, 0.5) is 13.2 Å². The second-order valence-electron chi connectivity index (χ2n) is 8.86. The Morgan fingerprint density at radius 1 is 1.23 bits per heavy atom. The molecule has 3 fully saturated rings. The summed E-state index contributed by atoms with van der Waals surface area (Å²) in [6, 6.07) is 6.24. The van der Waals surface area contributed by atoms with Gasteiger partial charge in [0, 0.05) is 45.2 Å². The molecule has 1 aromatic rings. The zero-order valence-corrected chi connectivity index (χ0v) is 17.3. The quantitative estimate of drug-likeness (QED) is 0.738. The maximum Gasteiger partial charge on any atom is 0.573 e. The van der Waals surface area contributed by atoms with Gasteiger partial charge in [0.25, 0.3) is 0 Å². The van der Waals surface area contributed by atoms with Crippen molar-refractivity contribution in [2.24, 2.45) is 5.92 Å². The topological polar surface area (TPSA) is 45.2 Å². The first-order chi connectivity index (χ1) is 14.2. The predicted molar refractivity (Wildman–Crippen MR) is 104 cm³/mol. The van der Waals surface area contributed by atoms with Gasteiger partial charge in [0.2, 0.25) is 5.91 Å². The van der Waals surface area contributed by atoms with Crippen molar-refractivity contribution in [1.29, 1.82) is 0 Å². The van der Waals surface area contributed by atoms with Gasteiger partial charge in [0.05, 0.1) is 24.8 Å². The summed E-state index contributed by atoms with van der Waals surface area (Å²) in [5.74, 6) is -0.0670. The Morgan fingerprint density at radius 3 is 2.57 bits per heavy atom. The van der Waals surface area contributed by atoms with Crippen molar-refractivity contribution in [3.8, 4) is 5.75 Å². The van der Waals surface area contributed by atoms with E-state index in [2.05, 4.69) is 14.5 Å². The Kier molecular flexibility index (Phi) is 5.71. The molecule has 1 atom stereocenters. The average Bonchev–Trinajstić information content (AvgIpc) is 2.66. The van der Waals surface area contributed by atoms with E-state index >= 15 is 0 Å². The molecule has 1 aromatic carbocycles. The second-order valence-corrected chi connectivity index (χ2v) is 8.86. The summed E-state index contributed by atoms with van der Waals surface area (Å²) in [7, 11) is 0. The van der Waals surface area contributed by atoms with Crippen LogP contribution in [0.3, 0.4) is 0 Å². The largest absolute Gasteiger partial charge is 0.573 e. The molecular weight excluding hydrogens is 399 g/mol. The third kappa shape index (κ3) is 4.43. The smallest absolute Gasteiger partial charge is 0.406 e. The van der Waals surface area contributed by atoms with Gasteiger partial charge in [-0.2, -0.15) is 0 Å². The minimum atomic E-state index is -4.68. The number of rotatable bonds is 4. The lowest BCUT2D eigenvalue weighted by atomic mass is 9.82. The molecular formula is C21H28F3N3O3. The number of ether oxygens (including phenoxy) is 2. The van der Waals surface area contributed by atoms with E-state index in [0.717, 1.165) is 31.7 Å². The number of fused-ring (bicyclic) bond motifs is 2. The molecule has 0 radical (unpaired) electrons. The van der Waals surface area contributed by atoms with Gasteiger partial charge in [-0.05, 0) is 17.7 Å². The fourth-order valence-electron chi connectivity index (χ4n) is 4.96. The summed E-state index contributed by atoms with van der Waals surface area (Å²) in [6.07, 6.45) is -4.68. The van der Waals surface area contributed by atoms with Crippen molar-refractivity contribution < 1.29 is 27.4 Å². The third-order valence-electron chi connectivity index (χ3n) is 6.16. The van der Waals surface area contributed by atoms with Gasteiger partial charge in [-0.25, -0.2) is 0 Å². The van der Waals surface area contributed by atoms with Crippen LogP contribution < -0.4 is 4.74 Å². The van der Waals surface area contributed by atoms with Gasteiger partial charge >= 0.3 is 6.36 Å². The number of piperazine rings is 1. The number of amides is 1. The summed E-state index contributed by atoms with van der Waals surface area (Å²) >= 11 is 0. The van der Waals surface area contributed by atoms with Crippen LogP contribution in [0.25, 0.3) is 0 Å². The zero-order chi connectivity index (χ0) is 21.5. The molecule has 3 heterocycles. The fraction of sp³-hybridized carbons (Fsp3) is 0.667. The lowest BCUT2D eigenvalue weighted by molar-refractivity contribution is -0.274. The molecule has 6 nitrogen and oxygen atoms in total. The van der Waals surface area contributed by atoms with E-state index in [9.17, 15) is 18.0 Å². The number of hydrogen-bond acceptors (Lipinski definition) is 5. The molecule has 3 aliphatic rings. The van der Waals surface area contributed by atoms with Crippen molar-refractivity contribution in [1.82, 2.24) is 14.7 Å². The van der Waals surface area contributed by atoms with Crippen LogP contribution >= 0.6 is 0 Å². The normalized spacial score (nSPS) is 24.6. The second kappa shape index (κ2) is 8.01. The van der Waals surface area contributed by atoms with E-state index in [1.54, 1.807) is 12.1 Å². The Bertz CT molecular complexity index is 763. The predicted octanol–water partition coefficient (Wildman–Crippen LogP) is 2.34. The monoisotopic (exact) mass is 427 g/mol. The van der Waals surface area contributed by atoms with Crippen molar-refractivity contribution in [3.05, 3.63) is 29.8 Å². The van der Waals surface area contributed by atoms with Crippen LogP contribution in [0, 0.1) is 5.92 Å². The number of halogens is 3. The van der Waals surface area contributed by atoms with Gasteiger partial charge in [-0.3, -0.25) is 14.6 Å². The van der Waals surface area contributed by atoms with E-state index in [1.807, 2.05) is 18.7 Å². The lowest BCUT2D eigenvalue weighted by Crippen LogP contribution is -2.80. The van der Waals surface area contributed by atoms with E-state index in [1.165, 1.54) is 12.1 Å². The summed E-state index contributed by atoms with van der Waals surface area (Å²) in [5, 5.41) is 0. The number of morpholine rings is 1. The number of alkyl halides is 3. The first kappa shape index (κ1) is 21.4. The van der Waals surface area contributed by atoms with Gasteiger partial charge in [-0.15, -0.1) is 13.2 Å². The maximum atomic E-state index is 12.7. The van der Waals surface area contributed by atoms with Crippen LogP contribution in [-0.2, 0) is 16.1 Å². The summed E-state index contributed by atoms with van der Waals surface area (Å²) < 4.78 is 46.6. The highest BCUT2D eigenvalue weighted by molar-refractivity contribution is 5.78. The minimum absolute atomic E-state index is 0.0354. The number of benzene rings is 1. The molecule has 9 heteroatoms. The van der Waals surface area contributed by atoms with E-state index < -0.39 is 6.36 Å². The van der Waals surface area contributed by atoms with Gasteiger partial charge in [0.1, 0.15) is 5.75 Å². The maximum absolute atomic E-state index is 12.7. The van der Waals surface area contributed by atoms with Crippen LogP contribution in [0.1, 0.15) is 19.4 Å². The lowest BCUT2D eigenvalue weighted by Gasteiger charge is -2.63. The Balaban J connectivity index is 1.40. The highest BCUT2D eigenvalue weighted by Gasteiger charge is 2.54. The Labute approximate surface area is 174 Å². The van der Waals surface area contributed by atoms with Crippen molar-refractivity contribution >= 4 is 5.91 Å². The van der Waals surface area contributed by atoms with Crippen LogP contribution in [-0.4, -0.2) is 84.5 Å². The molecule has 0 N–H and O–H groups in total. The minimum Gasteiger partial charge on any atom is -0.406 e. The molecule has 3 aliphatic heterocycles. The van der Waals surface area contributed by atoms with Gasteiger partial charge in [-0.1, -0.05) is 26.0 Å². The molecule has 0 aromatic heterocycles. The van der Waals surface area contributed by atoms with Crippen molar-refractivity contribution in [2.75, 3.05) is 45.9 Å². The first-order valence-corrected chi connectivity index (χ1v) is 10.4. The SMILES string of the molecule is CC(C)C(=O)N1CC2COCCN2C2(CN(Cc3ccc(OC(F)(F)F)cc3)C2)C1. The summed E-state index contributed by atoms with van der Waals surface area (Å²) in [5.41, 5.74) is 0.861. The molecule has 166 valence electrons. The van der Waals surface area contributed by atoms with Crippen molar-refractivity contribution in [3.63, 3.8) is 0 Å². The fourth-order valence-corrected chi connectivity index (χ4v) is 4.96. The van der Waals surface area contributed by atoms with Crippen LogP contribution in [0.2, 0.25) is 0 Å². The van der Waals surface area contributed by atoms with Crippen molar-refractivity contribution in [2.45, 2.75) is 38.3 Å². The average molecular weight is 427 g/mol. The molecule has 1 unspecified atom stereocenters. The van der Waals surface area contributed by atoms with Crippen LogP contribution in [0.15, 0.2) is 24.3 Å². The van der Waals surface area contributed by atoms with E-state index in [4.69, 9.17) is 4.74 Å². The molecule has 1 spiro atoms. The first-order valence-electron chi connectivity index (χ1n) is 10.4. The Hall–Kier alpha value is -1.84. The summed E-state index contributed by atoms with van der Waals surface area (Å²) in [6.45, 7) is 9.80. The number of hydrogen-bond donors (Lipinski definition) is 0. The number of likely N-dealkylation sites (tertiary alicyclic amines) is 1. The Morgan fingerprint density at radius 2 is 1.93 bits per heavy atom. The van der Waals surface area contributed by atoms with Gasteiger partial charge in [0.15, 0.2) is 0 Å². The highest BCUT2D eigenvalue weighted by Crippen LogP contribution is 2.37. The number of carbonyl (C=O) groups excluding carboxylic acids is 1. The molecule has 0 aliphatic carbocycles. The molecule has 1 amide bonds. The molecule has 30 heavy (non-hydrogen) atoms. The number of nitrogens with zero attached hydrogens (tertiary/aromatic N) is 3. The molecule has 0 bridgehead atoms. The zero-order valence-electron chi connectivity index (χ0n) is 17.3. The van der Waals surface area contributed by atoms with Gasteiger partial charge < -0.3 is 14.4 Å². The third-order valence-corrected chi connectivity index (χ3v) is 6.16. The highest BCUT2D eigenvalue weighted by atomic mass is 19.4.